The van der Waals surface area contributed by atoms with Crippen LogP contribution in [0.2, 0.25) is 0 Å². The van der Waals surface area contributed by atoms with Crippen molar-refractivity contribution in [3.05, 3.63) is 29.3 Å². The zero-order valence-electron chi connectivity index (χ0n) is 12.3. The van der Waals surface area contributed by atoms with Crippen LogP contribution in [0.15, 0.2) is 18.2 Å². The third-order valence-corrected chi connectivity index (χ3v) is 4.89. The molecule has 2 aliphatic rings. The highest BCUT2D eigenvalue weighted by molar-refractivity contribution is 5.40. The van der Waals surface area contributed by atoms with Crippen molar-refractivity contribution in [3.63, 3.8) is 0 Å². The summed E-state index contributed by atoms with van der Waals surface area (Å²) in [6.45, 7) is 0.717. The summed E-state index contributed by atoms with van der Waals surface area (Å²) >= 11 is 0. The van der Waals surface area contributed by atoms with Gasteiger partial charge in [0.15, 0.2) is 0 Å². The molecule has 0 saturated heterocycles. The van der Waals surface area contributed by atoms with Crippen molar-refractivity contribution in [2.45, 2.75) is 56.6 Å². The Morgan fingerprint density at radius 1 is 1.30 bits per heavy atom. The molecule has 20 heavy (non-hydrogen) atoms. The summed E-state index contributed by atoms with van der Waals surface area (Å²) < 4.78 is 5.32. The molecule has 0 aromatic heterocycles. The minimum absolute atomic E-state index is 0.367. The van der Waals surface area contributed by atoms with Crippen LogP contribution in [0.3, 0.4) is 0 Å². The summed E-state index contributed by atoms with van der Waals surface area (Å²) in [5.74, 6) is 0.925. The van der Waals surface area contributed by atoms with Crippen LogP contribution < -0.4 is 10.1 Å². The molecule has 2 aliphatic carbocycles. The van der Waals surface area contributed by atoms with Gasteiger partial charge in [-0.3, -0.25) is 0 Å². The fourth-order valence-corrected chi connectivity index (χ4v) is 3.62. The van der Waals surface area contributed by atoms with E-state index < -0.39 is 5.60 Å². The van der Waals surface area contributed by atoms with Crippen LogP contribution in [0.4, 0.5) is 0 Å². The van der Waals surface area contributed by atoms with E-state index in [1.54, 1.807) is 7.11 Å². The molecule has 110 valence electrons. The number of nitrogens with one attached hydrogen (secondary N) is 1. The van der Waals surface area contributed by atoms with Crippen LogP contribution in [0.25, 0.3) is 0 Å². The number of ether oxygens (including phenoxy) is 1. The molecule has 1 unspecified atom stereocenters. The monoisotopic (exact) mass is 275 g/mol. The maximum absolute atomic E-state index is 10.6. The van der Waals surface area contributed by atoms with Gasteiger partial charge >= 0.3 is 0 Å². The van der Waals surface area contributed by atoms with Gasteiger partial charge in [0, 0.05) is 12.6 Å². The maximum atomic E-state index is 10.6. The molecule has 0 heterocycles. The molecule has 3 nitrogen and oxygen atoms in total. The third-order valence-electron chi connectivity index (χ3n) is 4.89. The minimum Gasteiger partial charge on any atom is -0.497 e. The van der Waals surface area contributed by atoms with E-state index in [1.165, 1.54) is 17.5 Å². The van der Waals surface area contributed by atoms with Gasteiger partial charge in [-0.2, -0.15) is 0 Å². The number of aryl methyl sites for hydroxylation is 1. The molecule has 0 amide bonds. The van der Waals surface area contributed by atoms with E-state index in [-0.39, 0.29) is 0 Å². The summed E-state index contributed by atoms with van der Waals surface area (Å²) in [6, 6.07) is 6.72. The second-order valence-corrected chi connectivity index (χ2v) is 6.32. The lowest BCUT2D eigenvalue weighted by atomic mass is 9.84. The summed E-state index contributed by atoms with van der Waals surface area (Å²) in [4.78, 5) is 0. The first-order valence-corrected chi connectivity index (χ1v) is 7.83. The molecule has 0 bridgehead atoms. The molecule has 0 radical (unpaired) electrons. The summed E-state index contributed by atoms with van der Waals surface area (Å²) in [6.07, 6.45) is 7.72. The van der Waals surface area contributed by atoms with E-state index in [0.29, 0.717) is 12.6 Å². The van der Waals surface area contributed by atoms with Crippen LogP contribution >= 0.6 is 0 Å². The third kappa shape index (κ3) is 2.84. The Kier molecular flexibility index (Phi) is 3.99. The Bertz CT molecular complexity index is 466. The van der Waals surface area contributed by atoms with Crippen molar-refractivity contribution >= 4 is 0 Å². The van der Waals surface area contributed by atoms with Crippen molar-refractivity contribution in [2.75, 3.05) is 13.7 Å². The van der Waals surface area contributed by atoms with Crippen molar-refractivity contribution in [1.29, 1.82) is 0 Å². The molecule has 1 saturated carbocycles. The molecule has 1 aromatic carbocycles. The Balaban J connectivity index is 1.65. The number of fused-ring (bicyclic) bond motifs is 1. The topological polar surface area (TPSA) is 41.5 Å². The SMILES string of the molecule is COc1ccc2c(c1)C(NCC1(O)CCCCC1)CC2. The number of hydrogen-bond acceptors (Lipinski definition) is 3. The molecule has 0 aliphatic heterocycles. The Morgan fingerprint density at radius 2 is 2.10 bits per heavy atom. The number of benzene rings is 1. The number of aliphatic hydroxyl groups is 1. The van der Waals surface area contributed by atoms with Gasteiger partial charge in [0.05, 0.1) is 12.7 Å². The van der Waals surface area contributed by atoms with Gasteiger partial charge < -0.3 is 15.2 Å². The van der Waals surface area contributed by atoms with E-state index in [4.69, 9.17) is 4.74 Å². The van der Waals surface area contributed by atoms with E-state index in [9.17, 15) is 5.11 Å². The lowest BCUT2D eigenvalue weighted by molar-refractivity contribution is 0.00262. The Hall–Kier alpha value is -1.06. The molecule has 2 N–H and O–H groups in total. The normalized spacial score (nSPS) is 24.4. The van der Waals surface area contributed by atoms with Crippen LogP contribution in [0, 0.1) is 0 Å². The van der Waals surface area contributed by atoms with E-state index in [0.717, 1.165) is 44.3 Å². The van der Waals surface area contributed by atoms with Crippen molar-refractivity contribution in [3.8, 4) is 5.75 Å². The van der Waals surface area contributed by atoms with Gasteiger partial charge in [-0.15, -0.1) is 0 Å². The molecule has 1 fully saturated rings. The first kappa shape index (κ1) is 13.9. The molecular weight excluding hydrogens is 250 g/mol. The molecule has 3 rings (SSSR count). The van der Waals surface area contributed by atoms with Gasteiger partial charge in [0.2, 0.25) is 0 Å². The molecule has 1 atom stereocenters. The second-order valence-electron chi connectivity index (χ2n) is 6.32. The van der Waals surface area contributed by atoms with E-state index >= 15 is 0 Å². The predicted octanol–water partition coefficient (Wildman–Crippen LogP) is 2.97. The second kappa shape index (κ2) is 5.74. The summed E-state index contributed by atoms with van der Waals surface area (Å²) in [5, 5.41) is 14.2. The fraction of sp³-hybridized carbons (Fsp3) is 0.647. The van der Waals surface area contributed by atoms with Crippen LogP contribution in [0.5, 0.6) is 5.75 Å². The van der Waals surface area contributed by atoms with Crippen LogP contribution in [0.1, 0.15) is 55.7 Å². The molecule has 1 aromatic rings. The van der Waals surface area contributed by atoms with Gasteiger partial charge in [0.25, 0.3) is 0 Å². The lowest BCUT2D eigenvalue weighted by Gasteiger charge is -2.33. The lowest BCUT2D eigenvalue weighted by Crippen LogP contribution is -2.43. The van der Waals surface area contributed by atoms with Gasteiger partial charge in [-0.25, -0.2) is 0 Å². The van der Waals surface area contributed by atoms with Gasteiger partial charge in [0.1, 0.15) is 5.75 Å². The first-order chi connectivity index (χ1) is 9.70. The van der Waals surface area contributed by atoms with Crippen molar-refractivity contribution in [1.82, 2.24) is 5.32 Å². The minimum atomic E-state index is -0.486. The number of methoxy groups -OCH3 is 1. The number of hydrogen-bond donors (Lipinski definition) is 2. The summed E-state index contributed by atoms with van der Waals surface area (Å²) in [7, 11) is 1.71. The Morgan fingerprint density at radius 3 is 2.85 bits per heavy atom. The zero-order valence-corrected chi connectivity index (χ0v) is 12.3. The van der Waals surface area contributed by atoms with Crippen LogP contribution in [-0.4, -0.2) is 24.4 Å². The quantitative estimate of drug-likeness (QED) is 0.887. The summed E-state index contributed by atoms with van der Waals surface area (Å²) in [5.41, 5.74) is 2.28. The van der Waals surface area contributed by atoms with Gasteiger partial charge in [-0.05, 0) is 48.9 Å². The van der Waals surface area contributed by atoms with E-state index in [2.05, 4.69) is 17.4 Å². The van der Waals surface area contributed by atoms with Crippen molar-refractivity contribution in [2.24, 2.45) is 0 Å². The van der Waals surface area contributed by atoms with Crippen LogP contribution in [-0.2, 0) is 6.42 Å². The highest BCUT2D eigenvalue weighted by Gasteiger charge is 2.31. The maximum Gasteiger partial charge on any atom is 0.119 e. The van der Waals surface area contributed by atoms with Crippen molar-refractivity contribution < 1.29 is 9.84 Å². The first-order valence-electron chi connectivity index (χ1n) is 7.83. The molecular formula is C17H25NO2. The molecule has 0 spiro atoms. The molecule has 3 heteroatoms. The average molecular weight is 275 g/mol. The Labute approximate surface area is 121 Å². The number of rotatable bonds is 4. The van der Waals surface area contributed by atoms with Gasteiger partial charge in [-0.1, -0.05) is 25.3 Å². The standard InChI is InChI=1S/C17H25NO2/c1-20-14-7-5-13-6-8-16(15(13)11-14)18-12-17(19)9-3-2-4-10-17/h5,7,11,16,18-19H,2-4,6,8-10,12H2,1H3. The van der Waals surface area contributed by atoms with E-state index in [1.807, 2.05) is 6.07 Å². The fourth-order valence-electron chi connectivity index (χ4n) is 3.62. The predicted molar refractivity (Wildman–Crippen MR) is 80.1 cm³/mol. The highest BCUT2D eigenvalue weighted by Crippen LogP contribution is 2.35. The largest absolute Gasteiger partial charge is 0.497 e. The zero-order chi connectivity index (χ0) is 14.0. The smallest absolute Gasteiger partial charge is 0.119 e. The highest BCUT2D eigenvalue weighted by atomic mass is 16.5. The average Bonchev–Trinajstić information content (AvgIpc) is 2.88.